The topological polar surface area (TPSA) is 92.8 Å². The van der Waals surface area contributed by atoms with Crippen molar-refractivity contribution in [2.24, 2.45) is 0 Å². The Kier molecular flexibility index (Phi) is 7.52. The second kappa shape index (κ2) is 9.63. The fraction of sp³-hybridized carbons (Fsp3) is 0.529. The zero-order valence-corrected chi connectivity index (χ0v) is 15.3. The molecule has 26 heavy (non-hydrogen) atoms. The average Bonchev–Trinajstić information content (AvgIpc) is 2.57. The number of nitrogens with zero attached hydrogens (tertiary/aromatic N) is 1. The first-order chi connectivity index (χ1) is 12.4. The number of benzene rings is 1. The molecule has 1 aromatic carbocycles. The SMILES string of the molecule is O=C(CNS(=O)(=O)c1cccc(F)c1)OCC(=O)N1CCCCCCC1. The van der Waals surface area contributed by atoms with Crippen LogP contribution in [-0.4, -0.2) is 51.4 Å². The summed E-state index contributed by atoms with van der Waals surface area (Å²) in [7, 11) is -4.03. The molecule has 0 aliphatic carbocycles. The summed E-state index contributed by atoms with van der Waals surface area (Å²) in [5, 5.41) is 0. The lowest BCUT2D eigenvalue weighted by Gasteiger charge is -2.24. The highest BCUT2D eigenvalue weighted by Gasteiger charge is 2.19. The van der Waals surface area contributed by atoms with E-state index in [4.69, 9.17) is 4.74 Å². The third-order valence-corrected chi connectivity index (χ3v) is 5.48. The number of amides is 1. The molecule has 1 fully saturated rings. The van der Waals surface area contributed by atoms with Crippen molar-refractivity contribution < 1.29 is 27.1 Å². The Balaban J connectivity index is 1.78. The number of hydrogen-bond donors (Lipinski definition) is 1. The highest BCUT2D eigenvalue weighted by atomic mass is 32.2. The molecular weight excluding hydrogens is 363 g/mol. The van der Waals surface area contributed by atoms with E-state index in [9.17, 15) is 22.4 Å². The molecule has 0 saturated carbocycles. The Hall–Kier alpha value is -2.00. The molecule has 7 nitrogen and oxygen atoms in total. The van der Waals surface area contributed by atoms with Gasteiger partial charge in [0.1, 0.15) is 12.4 Å². The largest absolute Gasteiger partial charge is 0.455 e. The van der Waals surface area contributed by atoms with Gasteiger partial charge in [-0.2, -0.15) is 4.72 Å². The number of carbonyl (C=O) groups excluding carboxylic acids is 2. The van der Waals surface area contributed by atoms with Crippen LogP contribution in [0.1, 0.15) is 32.1 Å². The lowest BCUT2D eigenvalue weighted by Crippen LogP contribution is -2.38. The van der Waals surface area contributed by atoms with Crippen LogP contribution in [0.5, 0.6) is 0 Å². The number of hydrogen-bond acceptors (Lipinski definition) is 5. The molecule has 1 aliphatic rings. The summed E-state index contributed by atoms with van der Waals surface area (Å²) in [5.41, 5.74) is 0. The van der Waals surface area contributed by atoms with Crippen molar-refractivity contribution in [3.63, 3.8) is 0 Å². The Morgan fingerprint density at radius 1 is 1.12 bits per heavy atom. The molecule has 0 radical (unpaired) electrons. The maximum absolute atomic E-state index is 13.1. The van der Waals surface area contributed by atoms with Crippen LogP contribution in [0.2, 0.25) is 0 Å². The monoisotopic (exact) mass is 386 g/mol. The van der Waals surface area contributed by atoms with E-state index < -0.39 is 35.0 Å². The van der Waals surface area contributed by atoms with Crippen molar-refractivity contribution in [1.82, 2.24) is 9.62 Å². The fourth-order valence-electron chi connectivity index (χ4n) is 2.65. The van der Waals surface area contributed by atoms with Gasteiger partial charge in [-0.3, -0.25) is 9.59 Å². The molecule has 2 rings (SSSR count). The van der Waals surface area contributed by atoms with Crippen LogP contribution in [0.15, 0.2) is 29.2 Å². The third kappa shape index (κ3) is 6.38. The third-order valence-electron chi connectivity index (χ3n) is 4.08. The maximum atomic E-state index is 13.1. The van der Waals surface area contributed by atoms with Gasteiger partial charge in [-0.1, -0.05) is 25.3 Å². The van der Waals surface area contributed by atoms with Crippen molar-refractivity contribution in [3.05, 3.63) is 30.1 Å². The minimum Gasteiger partial charge on any atom is -0.455 e. The molecule has 9 heteroatoms. The Labute approximate surface area is 152 Å². The van der Waals surface area contributed by atoms with Crippen LogP contribution < -0.4 is 4.72 Å². The lowest BCUT2D eigenvalue weighted by molar-refractivity contribution is -0.151. The van der Waals surface area contributed by atoms with Gasteiger partial charge in [-0.05, 0) is 31.0 Å². The Morgan fingerprint density at radius 2 is 1.77 bits per heavy atom. The number of likely N-dealkylation sites (tertiary alicyclic amines) is 1. The van der Waals surface area contributed by atoms with Gasteiger partial charge < -0.3 is 9.64 Å². The van der Waals surface area contributed by atoms with Gasteiger partial charge in [0.05, 0.1) is 4.90 Å². The summed E-state index contributed by atoms with van der Waals surface area (Å²) >= 11 is 0. The van der Waals surface area contributed by atoms with Gasteiger partial charge in [0.2, 0.25) is 10.0 Å². The van der Waals surface area contributed by atoms with E-state index in [1.165, 1.54) is 18.6 Å². The van der Waals surface area contributed by atoms with E-state index >= 15 is 0 Å². The minimum atomic E-state index is -4.03. The molecule has 0 bridgehead atoms. The molecule has 1 aromatic rings. The fourth-order valence-corrected chi connectivity index (χ4v) is 3.65. The quantitative estimate of drug-likeness (QED) is 0.747. The smallest absolute Gasteiger partial charge is 0.321 e. The first-order valence-electron chi connectivity index (χ1n) is 8.57. The van der Waals surface area contributed by atoms with Gasteiger partial charge in [0, 0.05) is 13.1 Å². The first-order valence-corrected chi connectivity index (χ1v) is 10.1. The zero-order valence-electron chi connectivity index (χ0n) is 14.4. The molecule has 0 unspecified atom stereocenters. The number of sulfonamides is 1. The Morgan fingerprint density at radius 3 is 2.42 bits per heavy atom. The maximum Gasteiger partial charge on any atom is 0.321 e. The summed E-state index contributed by atoms with van der Waals surface area (Å²) in [6.07, 6.45) is 5.17. The molecule has 1 amide bonds. The molecule has 144 valence electrons. The minimum absolute atomic E-state index is 0.284. The van der Waals surface area contributed by atoms with E-state index in [0.717, 1.165) is 37.8 Å². The number of ether oxygens (including phenoxy) is 1. The van der Waals surface area contributed by atoms with Gasteiger partial charge in [0.15, 0.2) is 6.61 Å². The van der Waals surface area contributed by atoms with Crippen LogP contribution in [-0.2, 0) is 24.3 Å². The molecule has 0 atom stereocenters. The summed E-state index contributed by atoms with van der Waals surface area (Å²) < 4.78 is 44.0. The van der Waals surface area contributed by atoms with Gasteiger partial charge in [0.25, 0.3) is 5.91 Å². The molecule has 1 aliphatic heterocycles. The number of esters is 1. The summed E-state index contributed by atoms with van der Waals surface area (Å²) in [5.74, 6) is -1.85. The number of carbonyl (C=O) groups is 2. The predicted molar refractivity (Wildman–Crippen MR) is 92.2 cm³/mol. The van der Waals surface area contributed by atoms with Gasteiger partial charge in [-0.15, -0.1) is 0 Å². The number of nitrogens with one attached hydrogen (secondary N) is 1. The predicted octanol–water partition coefficient (Wildman–Crippen LogP) is 1.44. The van der Waals surface area contributed by atoms with Crippen LogP contribution in [0, 0.1) is 5.82 Å². The van der Waals surface area contributed by atoms with Crippen LogP contribution >= 0.6 is 0 Å². The molecule has 1 heterocycles. The molecule has 1 N–H and O–H groups in total. The molecule has 0 aromatic heterocycles. The summed E-state index contributed by atoms with van der Waals surface area (Å²) in [4.78, 5) is 25.2. The van der Waals surface area contributed by atoms with E-state index in [0.29, 0.717) is 13.1 Å². The summed E-state index contributed by atoms with van der Waals surface area (Å²) in [6, 6.07) is 4.43. The van der Waals surface area contributed by atoms with Crippen molar-refractivity contribution in [1.29, 1.82) is 0 Å². The van der Waals surface area contributed by atoms with Crippen LogP contribution in [0.4, 0.5) is 4.39 Å². The van der Waals surface area contributed by atoms with Crippen molar-refractivity contribution >= 4 is 21.9 Å². The Bertz CT molecular complexity index is 730. The van der Waals surface area contributed by atoms with Gasteiger partial charge in [-0.25, -0.2) is 12.8 Å². The second-order valence-electron chi connectivity index (χ2n) is 6.09. The van der Waals surface area contributed by atoms with Crippen LogP contribution in [0.3, 0.4) is 0 Å². The van der Waals surface area contributed by atoms with E-state index in [1.54, 1.807) is 4.90 Å². The number of halogens is 1. The van der Waals surface area contributed by atoms with Crippen LogP contribution in [0.25, 0.3) is 0 Å². The van der Waals surface area contributed by atoms with Crippen molar-refractivity contribution in [2.45, 2.75) is 37.0 Å². The van der Waals surface area contributed by atoms with E-state index in [-0.39, 0.29) is 10.8 Å². The number of rotatable bonds is 6. The zero-order chi connectivity index (χ0) is 19.0. The summed E-state index contributed by atoms with van der Waals surface area (Å²) in [6.45, 7) is 0.234. The van der Waals surface area contributed by atoms with Gasteiger partial charge >= 0.3 is 5.97 Å². The highest BCUT2D eigenvalue weighted by Crippen LogP contribution is 2.11. The lowest BCUT2D eigenvalue weighted by atomic mass is 10.1. The average molecular weight is 386 g/mol. The first kappa shape index (κ1) is 20.3. The van der Waals surface area contributed by atoms with E-state index in [1.807, 2.05) is 4.72 Å². The highest BCUT2D eigenvalue weighted by molar-refractivity contribution is 7.89. The second-order valence-corrected chi connectivity index (χ2v) is 7.86. The molecule has 0 spiro atoms. The standard InChI is InChI=1S/C17H23FN2O5S/c18-14-7-6-8-15(11-14)26(23,24)19-12-17(22)25-13-16(21)20-9-4-2-1-3-5-10-20/h6-8,11,19H,1-5,9-10,12-13H2. The molecular formula is C17H23FN2O5S. The van der Waals surface area contributed by atoms with Crippen molar-refractivity contribution in [3.8, 4) is 0 Å². The normalized spacial score (nSPS) is 15.8. The van der Waals surface area contributed by atoms with Crippen molar-refractivity contribution in [2.75, 3.05) is 26.2 Å². The van der Waals surface area contributed by atoms with E-state index in [2.05, 4.69) is 0 Å². The molecule has 1 saturated heterocycles.